The lowest BCUT2D eigenvalue weighted by Gasteiger charge is -1.96. The molecule has 14 heavy (non-hydrogen) atoms. The molecular weight excluding hydrogens is 214 g/mol. The molecule has 0 N–H and O–H groups in total. The van der Waals surface area contributed by atoms with Crippen LogP contribution in [0.5, 0.6) is 5.75 Å². The zero-order valence-corrected chi connectivity index (χ0v) is 9.74. The van der Waals surface area contributed by atoms with Crippen molar-refractivity contribution in [3.05, 3.63) is 18.2 Å². The predicted molar refractivity (Wildman–Crippen MR) is 62.6 cm³/mol. The van der Waals surface area contributed by atoms with E-state index in [1.54, 1.807) is 30.2 Å². The molecule has 0 fully saturated rings. The van der Waals surface area contributed by atoms with Crippen LogP contribution >= 0.6 is 23.1 Å². The molecule has 1 aromatic heterocycles. The number of benzene rings is 1. The van der Waals surface area contributed by atoms with Crippen molar-refractivity contribution in [3.8, 4) is 5.75 Å². The molecule has 0 unspecified atom stereocenters. The Morgan fingerprint density at radius 1 is 1.50 bits per heavy atom. The average Bonchev–Trinajstić information content (AvgIpc) is 2.59. The van der Waals surface area contributed by atoms with Gasteiger partial charge in [-0.1, -0.05) is 18.7 Å². The van der Waals surface area contributed by atoms with Crippen molar-refractivity contribution >= 4 is 33.3 Å². The van der Waals surface area contributed by atoms with Crippen molar-refractivity contribution < 1.29 is 4.74 Å². The standard InChI is InChI=1S/C10H11NOS2/c1-3-13-10-11-8-5-4-7(12-2)6-9(8)14-10/h4-6H,3H2,1-2H3. The van der Waals surface area contributed by atoms with E-state index in [2.05, 4.69) is 11.9 Å². The molecule has 0 aliphatic heterocycles. The molecule has 1 aromatic carbocycles. The van der Waals surface area contributed by atoms with Crippen LogP contribution in [0.3, 0.4) is 0 Å². The number of nitrogens with zero attached hydrogens (tertiary/aromatic N) is 1. The predicted octanol–water partition coefficient (Wildman–Crippen LogP) is 3.42. The maximum absolute atomic E-state index is 5.16. The van der Waals surface area contributed by atoms with Crippen molar-refractivity contribution in [2.24, 2.45) is 0 Å². The zero-order valence-electron chi connectivity index (χ0n) is 8.11. The van der Waals surface area contributed by atoms with Gasteiger partial charge in [0.2, 0.25) is 0 Å². The van der Waals surface area contributed by atoms with Gasteiger partial charge in [0.05, 0.1) is 17.3 Å². The van der Waals surface area contributed by atoms with Crippen LogP contribution in [0.15, 0.2) is 22.5 Å². The molecule has 0 aliphatic carbocycles. The highest BCUT2D eigenvalue weighted by molar-refractivity contribution is 8.01. The zero-order chi connectivity index (χ0) is 9.97. The Morgan fingerprint density at radius 2 is 2.36 bits per heavy atom. The summed E-state index contributed by atoms with van der Waals surface area (Å²) in [4.78, 5) is 4.50. The highest BCUT2D eigenvalue weighted by atomic mass is 32.2. The highest BCUT2D eigenvalue weighted by Gasteiger charge is 2.04. The molecule has 1 heterocycles. The summed E-state index contributed by atoms with van der Waals surface area (Å²) >= 11 is 3.50. The first-order valence-corrected chi connectivity index (χ1v) is 6.21. The van der Waals surface area contributed by atoms with Crippen LogP contribution in [0.1, 0.15) is 6.92 Å². The van der Waals surface area contributed by atoms with Crippen molar-refractivity contribution in [1.29, 1.82) is 0 Å². The minimum Gasteiger partial charge on any atom is -0.497 e. The van der Waals surface area contributed by atoms with Crippen LogP contribution in [0.25, 0.3) is 10.2 Å². The lowest BCUT2D eigenvalue weighted by Crippen LogP contribution is -1.80. The minimum atomic E-state index is 0.897. The SMILES string of the molecule is CCSc1nc2ccc(OC)cc2s1. The molecule has 0 radical (unpaired) electrons. The molecule has 0 saturated heterocycles. The van der Waals surface area contributed by atoms with E-state index in [9.17, 15) is 0 Å². The van der Waals surface area contributed by atoms with Gasteiger partial charge in [0.25, 0.3) is 0 Å². The maximum atomic E-state index is 5.16. The molecule has 74 valence electrons. The summed E-state index contributed by atoms with van der Waals surface area (Å²) in [5, 5.41) is 0. The van der Waals surface area contributed by atoms with Crippen LogP contribution in [0, 0.1) is 0 Å². The van der Waals surface area contributed by atoms with Gasteiger partial charge in [-0.05, 0) is 24.0 Å². The summed E-state index contributed by atoms with van der Waals surface area (Å²) in [6.07, 6.45) is 0. The van der Waals surface area contributed by atoms with E-state index >= 15 is 0 Å². The molecule has 0 aliphatic rings. The Labute approximate surface area is 91.3 Å². The third-order valence-electron chi connectivity index (χ3n) is 1.84. The summed E-state index contributed by atoms with van der Waals surface area (Å²) < 4.78 is 7.49. The van der Waals surface area contributed by atoms with E-state index in [1.165, 1.54) is 4.70 Å². The second-order valence-electron chi connectivity index (χ2n) is 2.75. The molecule has 0 atom stereocenters. The Kier molecular flexibility index (Phi) is 2.93. The Balaban J connectivity index is 2.43. The van der Waals surface area contributed by atoms with E-state index < -0.39 is 0 Å². The van der Waals surface area contributed by atoms with E-state index in [1.807, 2.05) is 18.2 Å². The quantitative estimate of drug-likeness (QED) is 0.747. The van der Waals surface area contributed by atoms with Crippen molar-refractivity contribution in [2.75, 3.05) is 12.9 Å². The summed E-state index contributed by atoms with van der Waals surface area (Å²) in [5.41, 5.74) is 1.06. The average molecular weight is 225 g/mol. The fraction of sp³-hybridized carbons (Fsp3) is 0.300. The minimum absolute atomic E-state index is 0.897. The number of aromatic nitrogens is 1. The Hall–Kier alpha value is -0.740. The lowest BCUT2D eigenvalue weighted by atomic mass is 10.3. The van der Waals surface area contributed by atoms with E-state index in [0.29, 0.717) is 0 Å². The summed E-state index contributed by atoms with van der Waals surface area (Å²) in [6, 6.07) is 5.99. The van der Waals surface area contributed by atoms with Gasteiger partial charge in [0, 0.05) is 0 Å². The number of methoxy groups -OCH3 is 1. The third-order valence-corrected chi connectivity index (χ3v) is 3.89. The fourth-order valence-electron chi connectivity index (χ4n) is 1.20. The van der Waals surface area contributed by atoms with Gasteiger partial charge in [0.15, 0.2) is 4.34 Å². The molecule has 4 heteroatoms. The summed E-state index contributed by atoms with van der Waals surface area (Å²) in [6.45, 7) is 2.14. The monoisotopic (exact) mass is 225 g/mol. The number of hydrogen-bond acceptors (Lipinski definition) is 4. The second kappa shape index (κ2) is 4.19. The number of rotatable bonds is 3. The van der Waals surface area contributed by atoms with Crippen LogP contribution < -0.4 is 4.74 Å². The van der Waals surface area contributed by atoms with Gasteiger partial charge in [-0.3, -0.25) is 0 Å². The van der Waals surface area contributed by atoms with Crippen molar-refractivity contribution in [1.82, 2.24) is 4.98 Å². The van der Waals surface area contributed by atoms with Gasteiger partial charge in [-0.2, -0.15) is 0 Å². The molecular formula is C10H11NOS2. The second-order valence-corrected chi connectivity index (χ2v) is 5.29. The molecule has 0 saturated carbocycles. The Bertz CT molecular complexity index is 439. The highest BCUT2D eigenvalue weighted by Crippen LogP contribution is 2.31. The van der Waals surface area contributed by atoms with Gasteiger partial charge < -0.3 is 4.74 Å². The summed E-state index contributed by atoms with van der Waals surface area (Å²) in [5.74, 6) is 1.96. The van der Waals surface area contributed by atoms with Crippen molar-refractivity contribution in [2.45, 2.75) is 11.3 Å². The third kappa shape index (κ3) is 1.86. The van der Waals surface area contributed by atoms with Crippen LogP contribution in [0.4, 0.5) is 0 Å². The fourth-order valence-corrected chi connectivity index (χ4v) is 3.19. The van der Waals surface area contributed by atoms with E-state index in [0.717, 1.165) is 21.4 Å². The van der Waals surface area contributed by atoms with Gasteiger partial charge >= 0.3 is 0 Å². The van der Waals surface area contributed by atoms with Gasteiger partial charge in [0.1, 0.15) is 5.75 Å². The number of thiazole rings is 1. The first-order valence-electron chi connectivity index (χ1n) is 4.41. The van der Waals surface area contributed by atoms with Gasteiger partial charge in [-0.15, -0.1) is 11.3 Å². The number of thioether (sulfide) groups is 1. The van der Waals surface area contributed by atoms with E-state index in [-0.39, 0.29) is 0 Å². The Morgan fingerprint density at radius 3 is 3.07 bits per heavy atom. The molecule has 2 nitrogen and oxygen atoms in total. The molecule has 0 amide bonds. The largest absolute Gasteiger partial charge is 0.497 e. The number of hydrogen-bond donors (Lipinski definition) is 0. The topological polar surface area (TPSA) is 22.1 Å². The lowest BCUT2D eigenvalue weighted by molar-refractivity contribution is 0.415. The summed E-state index contributed by atoms with van der Waals surface area (Å²) in [7, 11) is 1.68. The number of ether oxygens (including phenoxy) is 1. The molecule has 0 spiro atoms. The maximum Gasteiger partial charge on any atom is 0.151 e. The molecule has 2 rings (SSSR count). The first kappa shape index (κ1) is 9.80. The first-order chi connectivity index (χ1) is 6.83. The van der Waals surface area contributed by atoms with Crippen LogP contribution in [-0.2, 0) is 0 Å². The van der Waals surface area contributed by atoms with Crippen LogP contribution in [-0.4, -0.2) is 17.8 Å². The van der Waals surface area contributed by atoms with Gasteiger partial charge in [-0.25, -0.2) is 4.98 Å². The van der Waals surface area contributed by atoms with Crippen LogP contribution in [0.2, 0.25) is 0 Å². The molecule has 0 bridgehead atoms. The van der Waals surface area contributed by atoms with E-state index in [4.69, 9.17) is 4.74 Å². The number of fused-ring (bicyclic) bond motifs is 1. The molecule has 2 aromatic rings. The van der Waals surface area contributed by atoms with Crippen molar-refractivity contribution in [3.63, 3.8) is 0 Å². The normalized spacial score (nSPS) is 10.7. The smallest absolute Gasteiger partial charge is 0.151 e.